The smallest absolute Gasteiger partial charge is 0.0897 e. The average molecular weight is 336 g/mol. The Bertz CT molecular complexity index is 518. The second-order valence-corrected chi connectivity index (χ2v) is 8.70. The molecule has 1 aromatic heterocycles. The Kier molecular flexibility index (Phi) is 4.72. The van der Waals surface area contributed by atoms with E-state index in [-0.39, 0.29) is 0 Å². The van der Waals surface area contributed by atoms with Gasteiger partial charge in [0.05, 0.1) is 17.3 Å². The van der Waals surface area contributed by atoms with Crippen LogP contribution in [-0.4, -0.2) is 59.7 Å². The maximum absolute atomic E-state index is 5.54. The number of aromatic nitrogens is 1. The number of piperidine rings is 1. The van der Waals surface area contributed by atoms with Crippen LogP contribution in [0.5, 0.6) is 0 Å². The molecule has 3 saturated heterocycles. The topological polar surface area (TPSA) is 28.6 Å². The highest BCUT2D eigenvalue weighted by molar-refractivity contribution is 7.09. The van der Waals surface area contributed by atoms with Gasteiger partial charge in [0.25, 0.3) is 0 Å². The number of thiazole rings is 1. The van der Waals surface area contributed by atoms with Gasteiger partial charge in [0.1, 0.15) is 0 Å². The van der Waals surface area contributed by atoms with Crippen molar-refractivity contribution >= 4 is 11.3 Å². The lowest BCUT2D eigenvalue weighted by Gasteiger charge is -2.45. The maximum Gasteiger partial charge on any atom is 0.0897 e. The van der Waals surface area contributed by atoms with Gasteiger partial charge in [-0.3, -0.25) is 4.90 Å². The van der Waals surface area contributed by atoms with Crippen LogP contribution in [0.25, 0.3) is 0 Å². The van der Waals surface area contributed by atoms with Crippen molar-refractivity contribution in [3.8, 4) is 0 Å². The summed E-state index contributed by atoms with van der Waals surface area (Å²) in [6.07, 6.45) is 6.68. The first kappa shape index (κ1) is 16.0. The molecule has 0 N–H and O–H groups in total. The second kappa shape index (κ2) is 6.79. The highest BCUT2D eigenvalue weighted by atomic mass is 32.1. The van der Waals surface area contributed by atoms with Gasteiger partial charge in [-0.1, -0.05) is 0 Å². The molecule has 0 radical (unpaired) electrons. The molecular formula is C18H29N3OS. The van der Waals surface area contributed by atoms with Gasteiger partial charge in [0.15, 0.2) is 0 Å². The summed E-state index contributed by atoms with van der Waals surface area (Å²) in [6, 6.07) is 0. The summed E-state index contributed by atoms with van der Waals surface area (Å²) >= 11 is 1.78. The Morgan fingerprint density at radius 2 is 2.17 bits per heavy atom. The SMILES string of the molecule is Cc1nc(CN2CCCC23CCN(CC2CCOC2)CC3)cs1. The third-order valence-electron chi connectivity index (χ3n) is 6.09. The third kappa shape index (κ3) is 3.48. The van der Waals surface area contributed by atoms with Gasteiger partial charge in [0, 0.05) is 30.6 Å². The molecular weight excluding hydrogens is 306 g/mol. The zero-order chi connectivity index (χ0) is 15.7. The Hall–Kier alpha value is -0.490. The molecule has 1 aromatic rings. The maximum atomic E-state index is 5.54. The van der Waals surface area contributed by atoms with Crippen LogP contribution in [-0.2, 0) is 11.3 Å². The van der Waals surface area contributed by atoms with Crippen LogP contribution < -0.4 is 0 Å². The van der Waals surface area contributed by atoms with E-state index < -0.39 is 0 Å². The van der Waals surface area contributed by atoms with Crippen LogP contribution in [0.1, 0.15) is 42.8 Å². The lowest BCUT2D eigenvalue weighted by atomic mass is 9.84. The van der Waals surface area contributed by atoms with Crippen molar-refractivity contribution in [1.29, 1.82) is 0 Å². The van der Waals surface area contributed by atoms with E-state index in [9.17, 15) is 0 Å². The molecule has 0 saturated carbocycles. The molecule has 4 heterocycles. The lowest BCUT2D eigenvalue weighted by molar-refractivity contribution is 0.0405. The third-order valence-corrected chi connectivity index (χ3v) is 6.91. The molecule has 0 amide bonds. The summed E-state index contributed by atoms with van der Waals surface area (Å²) in [5.41, 5.74) is 1.74. The molecule has 4 rings (SSSR count). The van der Waals surface area contributed by atoms with Crippen molar-refractivity contribution in [2.75, 3.05) is 39.4 Å². The normalized spacial score (nSPS) is 28.8. The summed E-state index contributed by atoms with van der Waals surface area (Å²) in [7, 11) is 0. The van der Waals surface area contributed by atoms with Crippen LogP contribution in [0.2, 0.25) is 0 Å². The minimum atomic E-state index is 0.459. The number of aryl methyl sites for hydroxylation is 1. The molecule has 1 spiro atoms. The highest BCUT2D eigenvalue weighted by Crippen LogP contribution is 2.39. The Balaban J connectivity index is 1.34. The Labute approximate surface area is 143 Å². The summed E-state index contributed by atoms with van der Waals surface area (Å²) in [6.45, 7) is 10.2. The predicted molar refractivity (Wildman–Crippen MR) is 93.8 cm³/mol. The van der Waals surface area contributed by atoms with Crippen molar-refractivity contribution in [2.45, 2.75) is 51.1 Å². The number of ether oxygens (including phenoxy) is 1. The number of nitrogens with zero attached hydrogens (tertiary/aromatic N) is 3. The van der Waals surface area contributed by atoms with E-state index in [0.717, 1.165) is 25.7 Å². The number of hydrogen-bond donors (Lipinski definition) is 0. The summed E-state index contributed by atoms with van der Waals surface area (Å²) in [5, 5.41) is 3.44. The minimum Gasteiger partial charge on any atom is -0.381 e. The van der Waals surface area contributed by atoms with Crippen molar-refractivity contribution < 1.29 is 4.74 Å². The summed E-state index contributed by atoms with van der Waals surface area (Å²) < 4.78 is 5.54. The van der Waals surface area contributed by atoms with Gasteiger partial charge in [-0.2, -0.15) is 0 Å². The number of hydrogen-bond acceptors (Lipinski definition) is 5. The van der Waals surface area contributed by atoms with Gasteiger partial charge < -0.3 is 9.64 Å². The van der Waals surface area contributed by atoms with Crippen molar-refractivity contribution in [2.24, 2.45) is 5.92 Å². The zero-order valence-corrected chi connectivity index (χ0v) is 15.1. The van der Waals surface area contributed by atoms with Gasteiger partial charge in [-0.25, -0.2) is 4.98 Å². The van der Waals surface area contributed by atoms with E-state index in [0.29, 0.717) is 5.54 Å². The van der Waals surface area contributed by atoms with Gasteiger partial charge in [-0.05, 0) is 64.6 Å². The highest BCUT2D eigenvalue weighted by Gasteiger charge is 2.43. The van der Waals surface area contributed by atoms with Crippen LogP contribution in [0, 0.1) is 12.8 Å². The standard InChI is InChI=1S/C18H29N3OS/c1-15-19-17(14-23-15)12-21-7-2-4-18(21)5-8-20(9-6-18)11-16-3-10-22-13-16/h14,16H,2-13H2,1H3. The van der Waals surface area contributed by atoms with E-state index in [2.05, 4.69) is 27.1 Å². The fraction of sp³-hybridized carbons (Fsp3) is 0.833. The van der Waals surface area contributed by atoms with Gasteiger partial charge in [0.2, 0.25) is 0 Å². The van der Waals surface area contributed by atoms with Crippen molar-refractivity contribution in [1.82, 2.24) is 14.8 Å². The van der Waals surface area contributed by atoms with E-state index in [1.165, 1.54) is 69.0 Å². The molecule has 0 bridgehead atoms. The molecule has 4 nitrogen and oxygen atoms in total. The van der Waals surface area contributed by atoms with Crippen LogP contribution in [0.4, 0.5) is 0 Å². The van der Waals surface area contributed by atoms with Crippen LogP contribution in [0.3, 0.4) is 0 Å². The van der Waals surface area contributed by atoms with Crippen LogP contribution >= 0.6 is 11.3 Å². The Morgan fingerprint density at radius 3 is 2.87 bits per heavy atom. The number of likely N-dealkylation sites (tertiary alicyclic amines) is 2. The first-order valence-corrected chi connectivity index (χ1v) is 10.1. The monoisotopic (exact) mass is 335 g/mol. The lowest BCUT2D eigenvalue weighted by Crippen LogP contribution is -2.52. The summed E-state index contributed by atoms with van der Waals surface area (Å²) in [5.74, 6) is 0.779. The van der Waals surface area contributed by atoms with Crippen molar-refractivity contribution in [3.63, 3.8) is 0 Å². The molecule has 3 fully saturated rings. The largest absolute Gasteiger partial charge is 0.381 e. The molecule has 23 heavy (non-hydrogen) atoms. The first-order valence-electron chi connectivity index (χ1n) is 9.20. The fourth-order valence-corrected chi connectivity index (χ4v) is 5.33. The molecule has 0 aliphatic carbocycles. The zero-order valence-electron chi connectivity index (χ0n) is 14.3. The van der Waals surface area contributed by atoms with Gasteiger partial charge in [-0.15, -0.1) is 11.3 Å². The summed E-state index contributed by atoms with van der Waals surface area (Å²) in [4.78, 5) is 10.1. The fourth-order valence-electron chi connectivity index (χ4n) is 4.73. The van der Waals surface area contributed by atoms with Crippen LogP contribution in [0.15, 0.2) is 5.38 Å². The van der Waals surface area contributed by atoms with Gasteiger partial charge >= 0.3 is 0 Å². The first-order chi connectivity index (χ1) is 11.2. The minimum absolute atomic E-state index is 0.459. The van der Waals surface area contributed by atoms with E-state index >= 15 is 0 Å². The molecule has 5 heteroatoms. The molecule has 3 aliphatic heterocycles. The molecule has 1 atom stereocenters. The van der Waals surface area contributed by atoms with E-state index in [1.807, 2.05) is 0 Å². The van der Waals surface area contributed by atoms with E-state index in [4.69, 9.17) is 4.74 Å². The molecule has 3 aliphatic rings. The quantitative estimate of drug-likeness (QED) is 0.846. The molecule has 1 unspecified atom stereocenters. The van der Waals surface area contributed by atoms with E-state index in [1.54, 1.807) is 11.3 Å². The van der Waals surface area contributed by atoms with Crippen molar-refractivity contribution in [3.05, 3.63) is 16.1 Å². The number of rotatable bonds is 4. The molecule has 128 valence electrons. The Morgan fingerprint density at radius 1 is 1.30 bits per heavy atom. The molecule has 0 aromatic carbocycles. The average Bonchev–Trinajstić information content (AvgIpc) is 3.27. The second-order valence-electron chi connectivity index (χ2n) is 7.64. The predicted octanol–water partition coefficient (Wildman–Crippen LogP) is 2.92.